The van der Waals surface area contributed by atoms with Crippen molar-refractivity contribution in [1.29, 1.82) is 0 Å². The van der Waals surface area contributed by atoms with E-state index in [1.807, 2.05) is 0 Å². The molecule has 0 nitrogen and oxygen atoms in total. The molecule has 0 aromatic carbocycles. The van der Waals surface area contributed by atoms with Crippen LogP contribution in [0.15, 0.2) is 0 Å². The standard InChI is InChI=1S/C24H35F3/c1-4-16-9-12-23(3)18(15-16)5-7-19-20-8-6-17(10-14-24(25,26)27)22(20,2)13-11-21(19)23/h1,16-21H,5-15H2,2-3H3/t16-,17?,18?,19?,20?,21?,22?,23?/m0/s1. The van der Waals surface area contributed by atoms with E-state index in [0.717, 1.165) is 37.0 Å². The first-order valence-electron chi connectivity index (χ1n) is 11.2. The molecule has 7 unspecified atom stereocenters. The second kappa shape index (κ2) is 6.70. The Hall–Kier alpha value is -0.650. The lowest BCUT2D eigenvalue weighted by atomic mass is 9.44. The van der Waals surface area contributed by atoms with Gasteiger partial charge < -0.3 is 0 Å². The van der Waals surface area contributed by atoms with Gasteiger partial charge in [0.25, 0.3) is 0 Å². The zero-order valence-electron chi connectivity index (χ0n) is 17.0. The quantitative estimate of drug-likeness (QED) is 0.443. The summed E-state index contributed by atoms with van der Waals surface area (Å²) >= 11 is 0. The second-order valence-corrected chi connectivity index (χ2v) is 10.8. The fourth-order valence-electron chi connectivity index (χ4n) is 8.33. The van der Waals surface area contributed by atoms with Crippen LogP contribution in [0.5, 0.6) is 0 Å². The molecule has 152 valence electrons. The van der Waals surface area contributed by atoms with E-state index in [-0.39, 0.29) is 11.3 Å². The minimum Gasteiger partial charge on any atom is -0.171 e. The summed E-state index contributed by atoms with van der Waals surface area (Å²) in [4.78, 5) is 0. The van der Waals surface area contributed by atoms with Crippen LogP contribution in [0.1, 0.15) is 84.5 Å². The van der Waals surface area contributed by atoms with Crippen molar-refractivity contribution in [2.75, 3.05) is 0 Å². The molecule has 3 heteroatoms. The molecule has 8 atom stereocenters. The minimum atomic E-state index is -4.01. The van der Waals surface area contributed by atoms with E-state index in [9.17, 15) is 13.2 Å². The van der Waals surface area contributed by atoms with E-state index in [1.165, 1.54) is 38.5 Å². The average molecular weight is 381 g/mol. The molecular weight excluding hydrogens is 345 g/mol. The van der Waals surface area contributed by atoms with Crippen LogP contribution in [0, 0.1) is 58.7 Å². The predicted molar refractivity (Wildman–Crippen MR) is 103 cm³/mol. The van der Waals surface area contributed by atoms with Crippen molar-refractivity contribution in [3.8, 4) is 12.3 Å². The number of hydrogen-bond acceptors (Lipinski definition) is 0. The Balaban J connectivity index is 1.50. The third kappa shape index (κ3) is 3.24. The van der Waals surface area contributed by atoms with Gasteiger partial charge in [-0.25, -0.2) is 0 Å². The molecule has 0 bridgehead atoms. The summed E-state index contributed by atoms with van der Waals surface area (Å²) in [6, 6.07) is 0. The van der Waals surface area contributed by atoms with Gasteiger partial charge in [-0.05, 0) is 105 Å². The molecule has 0 saturated heterocycles. The second-order valence-electron chi connectivity index (χ2n) is 10.8. The van der Waals surface area contributed by atoms with Crippen LogP contribution >= 0.6 is 0 Å². The van der Waals surface area contributed by atoms with Crippen molar-refractivity contribution in [2.45, 2.75) is 90.7 Å². The fraction of sp³-hybridized carbons (Fsp3) is 0.917. The number of rotatable bonds is 2. The first kappa shape index (κ1) is 19.7. The lowest BCUT2D eigenvalue weighted by molar-refractivity contribution is -0.144. The largest absolute Gasteiger partial charge is 0.389 e. The molecule has 4 rings (SSSR count). The van der Waals surface area contributed by atoms with Crippen LogP contribution in [0.2, 0.25) is 0 Å². The van der Waals surface area contributed by atoms with Gasteiger partial charge in [0.05, 0.1) is 0 Å². The Morgan fingerprint density at radius 2 is 1.63 bits per heavy atom. The maximum atomic E-state index is 12.8. The minimum absolute atomic E-state index is 0.144. The highest BCUT2D eigenvalue weighted by Crippen LogP contribution is 2.68. The van der Waals surface area contributed by atoms with Gasteiger partial charge in [0.2, 0.25) is 0 Å². The van der Waals surface area contributed by atoms with Crippen LogP contribution < -0.4 is 0 Å². The average Bonchev–Trinajstić information content (AvgIpc) is 2.95. The van der Waals surface area contributed by atoms with Crippen molar-refractivity contribution in [3.05, 3.63) is 0 Å². The van der Waals surface area contributed by atoms with Gasteiger partial charge >= 0.3 is 6.18 Å². The molecular formula is C24H35F3. The van der Waals surface area contributed by atoms with Crippen molar-refractivity contribution in [1.82, 2.24) is 0 Å². The van der Waals surface area contributed by atoms with E-state index in [4.69, 9.17) is 6.42 Å². The summed E-state index contributed by atoms with van der Waals surface area (Å²) in [5, 5.41) is 0. The van der Waals surface area contributed by atoms with Crippen molar-refractivity contribution >= 4 is 0 Å². The number of hydrogen-bond donors (Lipinski definition) is 0. The van der Waals surface area contributed by atoms with E-state index >= 15 is 0 Å². The van der Waals surface area contributed by atoms with E-state index < -0.39 is 12.6 Å². The van der Waals surface area contributed by atoms with Crippen LogP contribution in [0.4, 0.5) is 13.2 Å². The maximum absolute atomic E-state index is 12.8. The number of halogens is 3. The summed E-state index contributed by atoms with van der Waals surface area (Å²) in [5.41, 5.74) is 0.563. The first-order chi connectivity index (χ1) is 12.7. The Kier molecular flexibility index (Phi) is 4.88. The SMILES string of the molecule is C#C[C@H]1CCC2(C)C(CCC3C4CCC(CCC(F)(F)F)C4(C)CCC32)C1. The number of terminal acetylenes is 1. The molecule has 0 spiro atoms. The van der Waals surface area contributed by atoms with Gasteiger partial charge in [0.1, 0.15) is 0 Å². The van der Waals surface area contributed by atoms with Gasteiger partial charge in [-0.15, -0.1) is 12.3 Å². The summed E-state index contributed by atoms with van der Waals surface area (Å²) in [7, 11) is 0. The molecule has 0 aliphatic heterocycles. The summed E-state index contributed by atoms with van der Waals surface area (Å²) in [6.45, 7) is 4.87. The molecule has 0 aromatic heterocycles. The van der Waals surface area contributed by atoms with Crippen LogP contribution in [-0.4, -0.2) is 6.18 Å². The zero-order chi connectivity index (χ0) is 19.4. The highest BCUT2D eigenvalue weighted by atomic mass is 19.4. The molecule has 0 heterocycles. The molecule has 4 saturated carbocycles. The van der Waals surface area contributed by atoms with E-state index in [1.54, 1.807) is 0 Å². The molecule has 27 heavy (non-hydrogen) atoms. The number of alkyl halides is 3. The maximum Gasteiger partial charge on any atom is 0.389 e. The van der Waals surface area contributed by atoms with Crippen molar-refractivity contribution in [3.63, 3.8) is 0 Å². The normalized spacial score (nSPS) is 49.6. The summed E-state index contributed by atoms with van der Waals surface area (Å²) in [5.74, 6) is 6.67. The predicted octanol–water partition coefficient (Wildman–Crippen LogP) is 7.24. The van der Waals surface area contributed by atoms with Crippen LogP contribution in [-0.2, 0) is 0 Å². The molecule has 0 radical (unpaired) electrons. The van der Waals surface area contributed by atoms with Crippen molar-refractivity contribution in [2.24, 2.45) is 46.3 Å². The van der Waals surface area contributed by atoms with Gasteiger partial charge in [0, 0.05) is 12.3 Å². The monoisotopic (exact) mass is 380 g/mol. The molecule has 0 aromatic rings. The molecule has 4 fully saturated rings. The van der Waals surface area contributed by atoms with E-state index in [0.29, 0.717) is 23.7 Å². The molecule has 0 N–H and O–H groups in total. The highest BCUT2D eigenvalue weighted by molar-refractivity contribution is 5.10. The molecule has 4 aliphatic rings. The van der Waals surface area contributed by atoms with Crippen molar-refractivity contribution < 1.29 is 13.2 Å². The zero-order valence-corrected chi connectivity index (χ0v) is 17.0. The third-order valence-electron chi connectivity index (χ3n) is 9.87. The third-order valence-corrected chi connectivity index (χ3v) is 9.87. The van der Waals surface area contributed by atoms with Crippen LogP contribution in [0.3, 0.4) is 0 Å². The van der Waals surface area contributed by atoms with Gasteiger partial charge in [-0.1, -0.05) is 13.8 Å². The highest BCUT2D eigenvalue weighted by Gasteiger charge is 2.60. The molecule has 4 aliphatic carbocycles. The smallest absolute Gasteiger partial charge is 0.171 e. The Labute approximate surface area is 163 Å². The van der Waals surface area contributed by atoms with Gasteiger partial charge in [0.15, 0.2) is 0 Å². The first-order valence-corrected chi connectivity index (χ1v) is 11.2. The van der Waals surface area contributed by atoms with E-state index in [2.05, 4.69) is 19.8 Å². The number of fused-ring (bicyclic) bond motifs is 5. The Morgan fingerprint density at radius 1 is 0.926 bits per heavy atom. The van der Waals surface area contributed by atoms with Gasteiger partial charge in [-0.2, -0.15) is 13.2 Å². The Morgan fingerprint density at radius 3 is 2.33 bits per heavy atom. The summed E-state index contributed by atoms with van der Waals surface area (Å²) in [6.07, 6.45) is 12.2. The Bertz CT molecular complexity index is 602. The lowest BCUT2D eigenvalue weighted by Gasteiger charge is -2.61. The van der Waals surface area contributed by atoms with Crippen LogP contribution in [0.25, 0.3) is 0 Å². The van der Waals surface area contributed by atoms with Gasteiger partial charge in [-0.3, -0.25) is 0 Å². The summed E-state index contributed by atoms with van der Waals surface area (Å²) < 4.78 is 38.4. The fourth-order valence-corrected chi connectivity index (χ4v) is 8.33. The topological polar surface area (TPSA) is 0 Å². The molecule has 0 amide bonds. The lowest BCUT2D eigenvalue weighted by Crippen LogP contribution is -2.53.